The number of carbonyl (C=O) groups is 1. The fourth-order valence-electron chi connectivity index (χ4n) is 4.25. The Balaban J connectivity index is 2.00. The normalized spacial score (nSPS) is 20.0. The lowest BCUT2D eigenvalue weighted by molar-refractivity contribution is -0.384. The number of carbonyl (C=O) groups excluding carboxylic acids is 1. The van der Waals surface area contributed by atoms with E-state index in [4.69, 9.17) is 0 Å². The van der Waals surface area contributed by atoms with Gasteiger partial charge in [0, 0.05) is 42.8 Å². The van der Waals surface area contributed by atoms with Crippen molar-refractivity contribution in [2.45, 2.75) is 32.6 Å². The standard InChI is InChI=1S/C20H20N4O5/c1-20(2)8-12-15(13(25)9-20)14(10-4-6-11(7-5-10)24(28)29)16-17(21-12)23(3)19(27)22-18(16)26/h4-7,14,21H,8-9H2,1-3H3,(H,22,26,27). The van der Waals surface area contributed by atoms with Gasteiger partial charge in [0.1, 0.15) is 5.82 Å². The number of aromatic amines is 1. The molecule has 0 bridgehead atoms. The maximum Gasteiger partial charge on any atom is 0.329 e. The molecule has 2 heterocycles. The SMILES string of the molecule is Cn1c2c(c(=O)[nH]c1=O)C(c1ccc([N+](=O)[O-])cc1)C1=C(CC(C)(C)CC1=O)N2. The summed E-state index contributed by atoms with van der Waals surface area (Å²) < 4.78 is 1.31. The van der Waals surface area contributed by atoms with E-state index in [0.717, 1.165) is 0 Å². The zero-order valence-corrected chi connectivity index (χ0v) is 16.2. The van der Waals surface area contributed by atoms with Crippen molar-refractivity contribution >= 4 is 17.3 Å². The van der Waals surface area contributed by atoms with Crippen molar-refractivity contribution < 1.29 is 9.72 Å². The van der Waals surface area contributed by atoms with Crippen molar-refractivity contribution in [1.29, 1.82) is 0 Å². The van der Waals surface area contributed by atoms with Gasteiger partial charge in [-0.2, -0.15) is 0 Å². The van der Waals surface area contributed by atoms with Gasteiger partial charge in [-0.3, -0.25) is 29.3 Å². The number of Topliss-reactive ketones (excluding diaryl/α,β-unsaturated/α-hetero) is 1. The molecular formula is C20H20N4O5. The van der Waals surface area contributed by atoms with E-state index in [1.165, 1.54) is 16.7 Å². The Bertz CT molecular complexity index is 1200. The largest absolute Gasteiger partial charge is 0.344 e. The molecule has 2 N–H and O–H groups in total. The number of rotatable bonds is 2. The molecule has 1 unspecified atom stereocenters. The lowest BCUT2D eigenvalue weighted by Crippen LogP contribution is -2.41. The highest BCUT2D eigenvalue weighted by molar-refractivity contribution is 6.01. The second kappa shape index (κ2) is 6.26. The first-order valence-corrected chi connectivity index (χ1v) is 9.20. The summed E-state index contributed by atoms with van der Waals surface area (Å²) in [4.78, 5) is 50.8. The summed E-state index contributed by atoms with van der Waals surface area (Å²) in [5.74, 6) is -0.446. The van der Waals surface area contributed by atoms with Crippen LogP contribution in [-0.4, -0.2) is 20.3 Å². The molecule has 0 saturated carbocycles. The number of H-pyrrole nitrogens is 1. The molecule has 0 radical (unpaired) electrons. The summed E-state index contributed by atoms with van der Waals surface area (Å²) in [6, 6.07) is 5.82. The van der Waals surface area contributed by atoms with Crippen LogP contribution in [0.1, 0.15) is 43.7 Å². The van der Waals surface area contributed by atoms with E-state index in [9.17, 15) is 24.5 Å². The van der Waals surface area contributed by atoms with Gasteiger partial charge in [-0.05, 0) is 17.4 Å². The van der Waals surface area contributed by atoms with Gasteiger partial charge in [0.2, 0.25) is 0 Å². The summed E-state index contributed by atoms with van der Waals surface area (Å²) in [6.45, 7) is 3.98. The first-order chi connectivity index (χ1) is 13.6. The summed E-state index contributed by atoms with van der Waals surface area (Å²) in [5, 5.41) is 14.2. The lowest BCUT2D eigenvalue weighted by atomic mass is 9.69. The first-order valence-electron chi connectivity index (χ1n) is 9.20. The number of nitro groups is 1. The zero-order chi connectivity index (χ0) is 21.1. The van der Waals surface area contributed by atoms with E-state index in [2.05, 4.69) is 10.3 Å². The third kappa shape index (κ3) is 2.98. The van der Waals surface area contributed by atoms with Crippen LogP contribution in [0, 0.1) is 15.5 Å². The fourth-order valence-corrected chi connectivity index (χ4v) is 4.25. The molecular weight excluding hydrogens is 376 g/mol. The topological polar surface area (TPSA) is 127 Å². The number of nitrogens with one attached hydrogen (secondary N) is 2. The molecule has 1 aromatic carbocycles. The molecule has 9 heteroatoms. The fraction of sp³-hybridized carbons (Fsp3) is 0.350. The van der Waals surface area contributed by atoms with Gasteiger partial charge in [0.15, 0.2) is 5.78 Å². The molecule has 2 aromatic rings. The molecule has 0 spiro atoms. The van der Waals surface area contributed by atoms with Gasteiger partial charge in [-0.1, -0.05) is 26.0 Å². The third-order valence-corrected chi connectivity index (χ3v) is 5.56. The van der Waals surface area contributed by atoms with Gasteiger partial charge in [0.05, 0.1) is 10.5 Å². The molecule has 0 saturated heterocycles. The summed E-state index contributed by atoms with van der Waals surface area (Å²) in [6.07, 6.45) is 0.911. The Morgan fingerprint density at radius 1 is 1.14 bits per heavy atom. The molecule has 2 aliphatic rings. The molecule has 29 heavy (non-hydrogen) atoms. The summed E-state index contributed by atoms with van der Waals surface area (Å²) >= 11 is 0. The number of allylic oxidation sites excluding steroid dienone is 2. The Hall–Kier alpha value is -3.49. The van der Waals surface area contributed by atoms with Crippen LogP contribution in [0.3, 0.4) is 0 Å². The molecule has 1 aliphatic carbocycles. The summed E-state index contributed by atoms with van der Waals surface area (Å²) in [5.41, 5.74) is 0.522. The van der Waals surface area contributed by atoms with Crippen LogP contribution in [0.15, 0.2) is 45.1 Å². The van der Waals surface area contributed by atoms with Crippen LogP contribution < -0.4 is 16.6 Å². The van der Waals surface area contributed by atoms with Crippen molar-refractivity contribution in [3.63, 3.8) is 0 Å². The number of aromatic nitrogens is 2. The average Bonchev–Trinajstić information content (AvgIpc) is 2.63. The molecule has 150 valence electrons. The average molecular weight is 396 g/mol. The predicted octanol–water partition coefficient (Wildman–Crippen LogP) is 2.18. The highest BCUT2D eigenvalue weighted by atomic mass is 16.6. The minimum absolute atomic E-state index is 0.0778. The Labute approximate surface area is 165 Å². The van der Waals surface area contributed by atoms with Crippen LogP contribution in [-0.2, 0) is 11.8 Å². The molecule has 4 rings (SSSR count). The number of non-ortho nitro benzene ring substituents is 1. The smallest absolute Gasteiger partial charge is 0.329 e. The molecule has 0 amide bonds. The zero-order valence-electron chi connectivity index (χ0n) is 16.2. The number of nitrogens with zero attached hydrogens (tertiary/aromatic N) is 2. The number of anilines is 1. The monoisotopic (exact) mass is 396 g/mol. The number of ketones is 1. The van der Waals surface area contributed by atoms with Gasteiger partial charge >= 0.3 is 5.69 Å². The predicted molar refractivity (Wildman–Crippen MR) is 106 cm³/mol. The van der Waals surface area contributed by atoms with Crippen LogP contribution >= 0.6 is 0 Å². The molecule has 1 atom stereocenters. The van der Waals surface area contributed by atoms with Gasteiger partial charge < -0.3 is 5.32 Å². The van der Waals surface area contributed by atoms with Crippen LogP contribution in [0.5, 0.6) is 0 Å². The van der Waals surface area contributed by atoms with E-state index in [1.54, 1.807) is 19.2 Å². The van der Waals surface area contributed by atoms with E-state index >= 15 is 0 Å². The van der Waals surface area contributed by atoms with E-state index in [1.807, 2.05) is 13.8 Å². The molecule has 0 fully saturated rings. The quantitative estimate of drug-likeness (QED) is 0.592. The van der Waals surface area contributed by atoms with Crippen LogP contribution in [0.2, 0.25) is 0 Å². The Morgan fingerprint density at radius 3 is 2.41 bits per heavy atom. The first kappa shape index (κ1) is 18.9. The minimum atomic E-state index is -0.707. The van der Waals surface area contributed by atoms with Crippen molar-refractivity contribution in [3.05, 3.63) is 77.6 Å². The highest BCUT2D eigenvalue weighted by Gasteiger charge is 2.42. The number of hydrogen-bond acceptors (Lipinski definition) is 6. The van der Waals surface area contributed by atoms with Gasteiger partial charge in [-0.25, -0.2) is 4.79 Å². The van der Waals surface area contributed by atoms with Crippen LogP contribution in [0.4, 0.5) is 11.5 Å². The molecule has 1 aromatic heterocycles. The van der Waals surface area contributed by atoms with Gasteiger partial charge in [-0.15, -0.1) is 0 Å². The third-order valence-electron chi connectivity index (χ3n) is 5.56. The summed E-state index contributed by atoms with van der Waals surface area (Å²) in [7, 11) is 1.54. The Morgan fingerprint density at radius 2 is 1.79 bits per heavy atom. The van der Waals surface area contributed by atoms with Crippen molar-refractivity contribution in [2.24, 2.45) is 12.5 Å². The second-order valence-electron chi connectivity index (χ2n) is 8.32. The molecule has 9 nitrogen and oxygen atoms in total. The van der Waals surface area contributed by atoms with E-state index in [-0.39, 0.29) is 22.4 Å². The number of fused-ring (bicyclic) bond motifs is 1. The Kier molecular flexibility index (Phi) is 4.07. The van der Waals surface area contributed by atoms with Crippen LogP contribution in [0.25, 0.3) is 0 Å². The number of hydrogen-bond donors (Lipinski definition) is 2. The maximum absolute atomic E-state index is 13.1. The molecule has 1 aliphatic heterocycles. The highest BCUT2D eigenvalue weighted by Crippen LogP contribution is 2.47. The van der Waals surface area contributed by atoms with Crippen molar-refractivity contribution in [3.8, 4) is 0 Å². The van der Waals surface area contributed by atoms with E-state index < -0.39 is 22.1 Å². The number of nitro benzene ring substituents is 1. The van der Waals surface area contributed by atoms with E-state index in [0.29, 0.717) is 35.5 Å². The maximum atomic E-state index is 13.1. The lowest BCUT2D eigenvalue weighted by Gasteiger charge is -2.39. The number of benzene rings is 1. The van der Waals surface area contributed by atoms with Crippen molar-refractivity contribution in [2.75, 3.05) is 5.32 Å². The second-order valence-corrected chi connectivity index (χ2v) is 8.32. The minimum Gasteiger partial charge on any atom is -0.344 e. The van der Waals surface area contributed by atoms with Crippen molar-refractivity contribution in [1.82, 2.24) is 9.55 Å². The van der Waals surface area contributed by atoms with Gasteiger partial charge in [0.25, 0.3) is 11.2 Å².